The number of hydrogen-bond acceptors (Lipinski definition) is 3. The summed E-state index contributed by atoms with van der Waals surface area (Å²) in [5, 5.41) is 9.98. The smallest absolute Gasteiger partial charge is 0.169 e. The zero-order valence-corrected chi connectivity index (χ0v) is 12.7. The van der Waals surface area contributed by atoms with Gasteiger partial charge in [0.05, 0.1) is 5.57 Å². The molecule has 0 aliphatic rings. The predicted molar refractivity (Wildman–Crippen MR) is 89.6 cm³/mol. The zero-order valence-electron chi connectivity index (χ0n) is 12.7. The maximum absolute atomic E-state index is 11.3. The van der Waals surface area contributed by atoms with Crippen molar-refractivity contribution in [1.82, 2.24) is 9.97 Å². The Morgan fingerprint density at radius 2 is 2.09 bits per heavy atom. The van der Waals surface area contributed by atoms with Crippen LogP contribution >= 0.6 is 0 Å². The minimum atomic E-state index is -0.213. The average Bonchev–Trinajstić information content (AvgIpc) is 2.98. The van der Waals surface area contributed by atoms with Crippen molar-refractivity contribution < 1.29 is 4.79 Å². The van der Waals surface area contributed by atoms with E-state index in [-0.39, 0.29) is 11.4 Å². The molecule has 0 aliphatic carbocycles. The third-order valence-electron chi connectivity index (χ3n) is 3.75. The number of Topliss-reactive ketones (excluding diaryl/α,β-unsaturated/α-hetero) is 1. The third kappa shape index (κ3) is 3.04. The van der Waals surface area contributed by atoms with E-state index in [4.69, 9.17) is 5.26 Å². The monoisotopic (exact) mass is 301 g/mol. The molecular weight excluding hydrogens is 286 g/mol. The van der Waals surface area contributed by atoms with Crippen LogP contribution in [-0.4, -0.2) is 15.8 Å². The van der Waals surface area contributed by atoms with Crippen molar-refractivity contribution in [3.8, 4) is 17.2 Å². The molecule has 3 rings (SSSR count). The standard InChI is InChI=1S/C19H15N3O/c1-13(23)15(10-20)7-8-16-11-21-19-18(16)9-17(12-22-19)14-5-3-2-4-6-14/h2-7,9,11-12H,8H2,1H3,(H,21,22). The van der Waals surface area contributed by atoms with E-state index < -0.39 is 0 Å². The number of rotatable bonds is 4. The Hall–Kier alpha value is -3.19. The lowest BCUT2D eigenvalue weighted by Crippen LogP contribution is -1.94. The Labute approximate surface area is 134 Å². The quantitative estimate of drug-likeness (QED) is 0.588. The minimum Gasteiger partial charge on any atom is -0.346 e. The Morgan fingerprint density at radius 3 is 2.78 bits per heavy atom. The fraction of sp³-hybridized carbons (Fsp3) is 0.105. The van der Waals surface area contributed by atoms with Crippen LogP contribution in [0.5, 0.6) is 0 Å². The van der Waals surface area contributed by atoms with Gasteiger partial charge in [0, 0.05) is 23.3 Å². The first-order chi connectivity index (χ1) is 11.2. The van der Waals surface area contributed by atoms with Crippen molar-refractivity contribution in [3.05, 3.63) is 66.0 Å². The number of hydrogen-bond donors (Lipinski definition) is 1. The molecule has 0 radical (unpaired) electrons. The number of pyridine rings is 1. The molecule has 4 nitrogen and oxygen atoms in total. The molecule has 0 aliphatic heterocycles. The van der Waals surface area contributed by atoms with E-state index in [1.807, 2.05) is 48.8 Å². The van der Waals surface area contributed by atoms with Gasteiger partial charge in [0.1, 0.15) is 11.7 Å². The van der Waals surface area contributed by atoms with Crippen LogP contribution in [-0.2, 0) is 11.2 Å². The topological polar surface area (TPSA) is 69.5 Å². The van der Waals surface area contributed by atoms with Crippen LogP contribution < -0.4 is 0 Å². The molecule has 0 saturated heterocycles. The Bertz CT molecular complexity index is 930. The third-order valence-corrected chi connectivity index (χ3v) is 3.75. The molecular formula is C19H15N3O. The highest BCUT2D eigenvalue weighted by atomic mass is 16.1. The summed E-state index contributed by atoms with van der Waals surface area (Å²) in [4.78, 5) is 18.9. The number of nitrogens with one attached hydrogen (secondary N) is 1. The molecule has 0 fully saturated rings. The summed E-state index contributed by atoms with van der Waals surface area (Å²) in [6, 6.07) is 14.1. The van der Waals surface area contributed by atoms with Crippen LogP contribution in [0.3, 0.4) is 0 Å². The number of carbonyl (C=O) groups excluding carboxylic acids is 1. The Kier molecular flexibility index (Phi) is 4.03. The van der Waals surface area contributed by atoms with Gasteiger partial charge < -0.3 is 4.98 Å². The van der Waals surface area contributed by atoms with Gasteiger partial charge in [0.15, 0.2) is 5.78 Å². The summed E-state index contributed by atoms with van der Waals surface area (Å²) in [6.45, 7) is 1.40. The van der Waals surface area contributed by atoms with Gasteiger partial charge in [-0.3, -0.25) is 4.79 Å². The highest BCUT2D eigenvalue weighted by Crippen LogP contribution is 2.25. The lowest BCUT2D eigenvalue weighted by molar-refractivity contribution is -0.113. The molecule has 0 amide bonds. The SMILES string of the molecule is CC(=O)C(C#N)=CCc1c[nH]c2ncc(-c3ccccc3)cc12. The van der Waals surface area contributed by atoms with Gasteiger partial charge in [-0.2, -0.15) is 5.26 Å². The van der Waals surface area contributed by atoms with Crippen molar-refractivity contribution >= 4 is 16.8 Å². The largest absolute Gasteiger partial charge is 0.346 e. The highest BCUT2D eigenvalue weighted by Gasteiger charge is 2.08. The summed E-state index contributed by atoms with van der Waals surface area (Å²) in [5.41, 5.74) is 4.14. The van der Waals surface area contributed by atoms with Crippen molar-refractivity contribution in [2.75, 3.05) is 0 Å². The molecule has 0 unspecified atom stereocenters. The lowest BCUT2D eigenvalue weighted by Gasteiger charge is -2.02. The summed E-state index contributed by atoms with van der Waals surface area (Å²) in [6.07, 6.45) is 5.89. The fourth-order valence-electron chi connectivity index (χ4n) is 2.50. The van der Waals surface area contributed by atoms with Gasteiger partial charge in [-0.25, -0.2) is 4.98 Å². The number of nitrogens with zero attached hydrogens (tertiary/aromatic N) is 2. The van der Waals surface area contributed by atoms with Crippen LogP contribution in [0.4, 0.5) is 0 Å². The molecule has 112 valence electrons. The molecule has 0 saturated carbocycles. The van der Waals surface area contributed by atoms with Crippen molar-refractivity contribution in [1.29, 1.82) is 5.26 Å². The van der Waals surface area contributed by atoms with E-state index >= 15 is 0 Å². The van der Waals surface area contributed by atoms with E-state index in [0.717, 1.165) is 27.7 Å². The van der Waals surface area contributed by atoms with Crippen LogP contribution in [0.25, 0.3) is 22.2 Å². The highest BCUT2D eigenvalue weighted by molar-refractivity contribution is 5.97. The number of H-pyrrole nitrogens is 1. The average molecular weight is 301 g/mol. The number of fused-ring (bicyclic) bond motifs is 1. The molecule has 2 heterocycles. The van der Waals surface area contributed by atoms with E-state index in [0.29, 0.717) is 6.42 Å². The molecule has 0 spiro atoms. The fourth-order valence-corrected chi connectivity index (χ4v) is 2.50. The number of allylic oxidation sites excluding steroid dienone is 2. The summed E-state index contributed by atoms with van der Waals surface area (Å²) < 4.78 is 0. The zero-order chi connectivity index (χ0) is 16.2. The van der Waals surface area contributed by atoms with Crippen molar-refractivity contribution in [2.24, 2.45) is 0 Å². The number of aromatic nitrogens is 2. The van der Waals surface area contributed by atoms with E-state index in [9.17, 15) is 4.79 Å². The first-order valence-corrected chi connectivity index (χ1v) is 7.31. The number of ketones is 1. The summed E-state index contributed by atoms with van der Waals surface area (Å²) >= 11 is 0. The number of carbonyl (C=O) groups is 1. The normalized spacial score (nSPS) is 11.4. The Balaban J connectivity index is 2.00. The second-order valence-corrected chi connectivity index (χ2v) is 5.29. The number of aromatic amines is 1. The molecule has 4 heteroatoms. The second kappa shape index (κ2) is 6.29. The number of benzene rings is 1. The van der Waals surface area contributed by atoms with Crippen LogP contribution in [0.2, 0.25) is 0 Å². The van der Waals surface area contributed by atoms with Crippen LogP contribution in [0.1, 0.15) is 12.5 Å². The van der Waals surface area contributed by atoms with Gasteiger partial charge in [-0.15, -0.1) is 0 Å². The summed E-state index contributed by atoms with van der Waals surface area (Å²) in [5.74, 6) is -0.213. The van der Waals surface area contributed by atoms with Gasteiger partial charge in [0.2, 0.25) is 0 Å². The molecule has 1 N–H and O–H groups in total. The van der Waals surface area contributed by atoms with E-state index in [2.05, 4.69) is 16.0 Å². The van der Waals surface area contributed by atoms with E-state index in [1.54, 1.807) is 6.08 Å². The first-order valence-electron chi connectivity index (χ1n) is 7.31. The second-order valence-electron chi connectivity index (χ2n) is 5.29. The van der Waals surface area contributed by atoms with Gasteiger partial charge in [0.25, 0.3) is 0 Å². The molecule has 3 aromatic rings. The molecule has 0 bridgehead atoms. The lowest BCUT2D eigenvalue weighted by atomic mass is 10.0. The number of nitriles is 1. The van der Waals surface area contributed by atoms with E-state index in [1.165, 1.54) is 6.92 Å². The predicted octanol–water partition coefficient (Wildman–Crippen LogP) is 3.81. The van der Waals surface area contributed by atoms with Crippen LogP contribution in [0.15, 0.2) is 60.4 Å². The Morgan fingerprint density at radius 1 is 1.30 bits per heavy atom. The first kappa shape index (κ1) is 14.7. The van der Waals surface area contributed by atoms with Gasteiger partial charge in [-0.1, -0.05) is 36.4 Å². The molecule has 0 atom stereocenters. The van der Waals surface area contributed by atoms with Gasteiger partial charge in [-0.05, 0) is 30.5 Å². The summed E-state index contributed by atoms with van der Waals surface area (Å²) in [7, 11) is 0. The molecule has 1 aromatic carbocycles. The molecule has 23 heavy (non-hydrogen) atoms. The van der Waals surface area contributed by atoms with Crippen molar-refractivity contribution in [3.63, 3.8) is 0 Å². The minimum absolute atomic E-state index is 0.187. The van der Waals surface area contributed by atoms with Gasteiger partial charge >= 0.3 is 0 Å². The maximum atomic E-state index is 11.3. The van der Waals surface area contributed by atoms with Crippen molar-refractivity contribution in [2.45, 2.75) is 13.3 Å². The molecule has 2 aromatic heterocycles. The maximum Gasteiger partial charge on any atom is 0.169 e. The van der Waals surface area contributed by atoms with Crippen LogP contribution in [0, 0.1) is 11.3 Å².